The Morgan fingerprint density at radius 3 is 2.68 bits per heavy atom. The Hall–Kier alpha value is -1.08. The standard InChI is InChI=1S/C18H27N/c1-4-12-19(13-11-15(2)3)18-10-9-16-7-5-6-8-17(16)14-18/h5-8,11,18H,4,9-10,12-14H2,1-3H3. The normalized spacial score (nSPS) is 18.2. The highest BCUT2D eigenvalue weighted by molar-refractivity contribution is 5.30. The molecule has 1 aliphatic carbocycles. The van der Waals surface area contributed by atoms with E-state index in [0.717, 1.165) is 12.6 Å². The van der Waals surface area contributed by atoms with Gasteiger partial charge < -0.3 is 0 Å². The molecule has 0 radical (unpaired) electrons. The van der Waals surface area contributed by atoms with Crippen molar-refractivity contribution in [2.45, 2.75) is 52.5 Å². The Kier molecular flexibility index (Phi) is 5.21. The number of hydrogen-bond donors (Lipinski definition) is 0. The van der Waals surface area contributed by atoms with Crippen molar-refractivity contribution < 1.29 is 0 Å². The van der Waals surface area contributed by atoms with Crippen LogP contribution < -0.4 is 0 Å². The first-order valence-corrected chi connectivity index (χ1v) is 7.65. The van der Waals surface area contributed by atoms with Crippen molar-refractivity contribution in [3.63, 3.8) is 0 Å². The second-order valence-corrected chi connectivity index (χ2v) is 5.94. The Morgan fingerprint density at radius 2 is 2.00 bits per heavy atom. The Labute approximate surface area is 118 Å². The van der Waals surface area contributed by atoms with Crippen molar-refractivity contribution in [3.8, 4) is 0 Å². The van der Waals surface area contributed by atoms with Crippen LogP contribution in [0.4, 0.5) is 0 Å². The van der Waals surface area contributed by atoms with Gasteiger partial charge in [0.15, 0.2) is 0 Å². The average Bonchev–Trinajstić information content (AvgIpc) is 2.42. The van der Waals surface area contributed by atoms with Crippen LogP contribution in [0.5, 0.6) is 0 Å². The summed E-state index contributed by atoms with van der Waals surface area (Å²) in [5.41, 5.74) is 4.56. The van der Waals surface area contributed by atoms with Crippen LogP contribution in [0.25, 0.3) is 0 Å². The van der Waals surface area contributed by atoms with Crippen LogP contribution in [0.2, 0.25) is 0 Å². The van der Waals surface area contributed by atoms with E-state index in [1.807, 2.05) is 0 Å². The van der Waals surface area contributed by atoms with Gasteiger partial charge in [-0.05, 0) is 57.2 Å². The molecule has 0 N–H and O–H groups in total. The van der Waals surface area contributed by atoms with E-state index >= 15 is 0 Å². The van der Waals surface area contributed by atoms with Crippen LogP contribution in [0, 0.1) is 0 Å². The molecule has 0 saturated heterocycles. The Bertz CT molecular complexity index is 429. The van der Waals surface area contributed by atoms with Crippen LogP contribution in [0.15, 0.2) is 35.9 Å². The number of hydrogen-bond acceptors (Lipinski definition) is 1. The van der Waals surface area contributed by atoms with Gasteiger partial charge >= 0.3 is 0 Å². The van der Waals surface area contributed by atoms with Crippen molar-refractivity contribution >= 4 is 0 Å². The molecule has 1 atom stereocenters. The van der Waals surface area contributed by atoms with Crippen LogP contribution in [-0.4, -0.2) is 24.0 Å². The van der Waals surface area contributed by atoms with E-state index in [-0.39, 0.29) is 0 Å². The second kappa shape index (κ2) is 6.91. The molecule has 1 heteroatoms. The highest BCUT2D eigenvalue weighted by Gasteiger charge is 2.22. The molecule has 0 amide bonds. The van der Waals surface area contributed by atoms with Gasteiger partial charge in [-0.15, -0.1) is 0 Å². The van der Waals surface area contributed by atoms with Gasteiger partial charge in [-0.1, -0.05) is 42.8 Å². The molecule has 1 aromatic rings. The maximum atomic E-state index is 2.67. The summed E-state index contributed by atoms with van der Waals surface area (Å²) < 4.78 is 0. The molecule has 1 aliphatic rings. The van der Waals surface area contributed by atoms with E-state index in [0.29, 0.717) is 0 Å². The molecule has 0 saturated carbocycles. The van der Waals surface area contributed by atoms with Gasteiger partial charge in [0.2, 0.25) is 0 Å². The Morgan fingerprint density at radius 1 is 1.26 bits per heavy atom. The lowest BCUT2D eigenvalue weighted by atomic mass is 9.87. The van der Waals surface area contributed by atoms with Crippen molar-refractivity contribution in [1.29, 1.82) is 0 Å². The molecular formula is C18H27N. The van der Waals surface area contributed by atoms with Gasteiger partial charge in [-0.3, -0.25) is 4.90 Å². The first-order chi connectivity index (χ1) is 9.20. The van der Waals surface area contributed by atoms with Crippen LogP contribution in [0.1, 0.15) is 44.7 Å². The maximum Gasteiger partial charge on any atom is 0.0168 e. The fourth-order valence-corrected chi connectivity index (χ4v) is 3.00. The second-order valence-electron chi connectivity index (χ2n) is 5.94. The SMILES string of the molecule is CCCN(CC=C(C)C)C1CCc2ccccc2C1. The lowest BCUT2D eigenvalue weighted by molar-refractivity contribution is 0.199. The summed E-state index contributed by atoms with van der Waals surface area (Å²) in [5, 5.41) is 0. The highest BCUT2D eigenvalue weighted by Crippen LogP contribution is 2.24. The highest BCUT2D eigenvalue weighted by atomic mass is 15.1. The van der Waals surface area contributed by atoms with Crippen LogP contribution in [-0.2, 0) is 12.8 Å². The molecule has 0 bridgehead atoms. The van der Waals surface area contributed by atoms with Crippen LogP contribution in [0.3, 0.4) is 0 Å². The zero-order chi connectivity index (χ0) is 13.7. The molecule has 0 aromatic heterocycles. The summed E-state index contributed by atoms with van der Waals surface area (Å²) in [6, 6.07) is 9.69. The number of aryl methyl sites for hydroxylation is 1. The van der Waals surface area contributed by atoms with Crippen molar-refractivity contribution in [2.24, 2.45) is 0 Å². The minimum atomic E-state index is 0.727. The summed E-state index contributed by atoms with van der Waals surface area (Å²) in [6.07, 6.45) is 7.40. The minimum absolute atomic E-state index is 0.727. The summed E-state index contributed by atoms with van der Waals surface area (Å²) >= 11 is 0. The van der Waals surface area contributed by atoms with Crippen molar-refractivity contribution in [3.05, 3.63) is 47.0 Å². The maximum absolute atomic E-state index is 2.67. The minimum Gasteiger partial charge on any atom is -0.296 e. The smallest absolute Gasteiger partial charge is 0.0168 e. The zero-order valence-corrected chi connectivity index (χ0v) is 12.7. The number of benzene rings is 1. The quantitative estimate of drug-likeness (QED) is 0.714. The summed E-state index contributed by atoms with van der Waals surface area (Å²) in [6.45, 7) is 9.01. The monoisotopic (exact) mass is 257 g/mol. The fourth-order valence-electron chi connectivity index (χ4n) is 3.00. The molecule has 1 unspecified atom stereocenters. The third-order valence-electron chi connectivity index (χ3n) is 4.08. The van der Waals surface area contributed by atoms with E-state index in [2.05, 4.69) is 56.0 Å². The number of nitrogens with zero attached hydrogens (tertiary/aromatic N) is 1. The van der Waals surface area contributed by atoms with E-state index < -0.39 is 0 Å². The van der Waals surface area contributed by atoms with Gasteiger partial charge in [-0.25, -0.2) is 0 Å². The van der Waals surface area contributed by atoms with Gasteiger partial charge in [0.05, 0.1) is 0 Å². The van der Waals surface area contributed by atoms with Crippen LogP contribution >= 0.6 is 0 Å². The van der Waals surface area contributed by atoms with Gasteiger partial charge in [-0.2, -0.15) is 0 Å². The van der Waals surface area contributed by atoms with E-state index in [1.54, 1.807) is 11.1 Å². The number of rotatable bonds is 5. The molecule has 1 aromatic carbocycles. The molecule has 1 nitrogen and oxygen atoms in total. The average molecular weight is 257 g/mol. The first kappa shape index (κ1) is 14.3. The van der Waals surface area contributed by atoms with Crippen molar-refractivity contribution in [2.75, 3.05) is 13.1 Å². The lowest BCUT2D eigenvalue weighted by Crippen LogP contribution is -2.40. The predicted molar refractivity (Wildman–Crippen MR) is 83.6 cm³/mol. The van der Waals surface area contributed by atoms with E-state index in [9.17, 15) is 0 Å². The third-order valence-corrected chi connectivity index (χ3v) is 4.08. The van der Waals surface area contributed by atoms with Crippen molar-refractivity contribution in [1.82, 2.24) is 4.90 Å². The van der Waals surface area contributed by atoms with Gasteiger partial charge in [0, 0.05) is 12.6 Å². The molecular weight excluding hydrogens is 230 g/mol. The topological polar surface area (TPSA) is 3.24 Å². The zero-order valence-electron chi connectivity index (χ0n) is 12.7. The Balaban J connectivity index is 2.05. The predicted octanol–water partition coefficient (Wildman–Crippen LogP) is 4.22. The molecule has 104 valence electrons. The molecule has 0 fully saturated rings. The summed E-state index contributed by atoms with van der Waals surface area (Å²) in [5.74, 6) is 0. The fraction of sp³-hybridized carbons (Fsp3) is 0.556. The van der Waals surface area contributed by atoms with Gasteiger partial charge in [0.25, 0.3) is 0 Å². The molecule has 0 spiro atoms. The largest absolute Gasteiger partial charge is 0.296 e. The van der Waals surface area contributed by atoms with E-state index in [4.69, 9.17) is 0 Å². The number of fused-ring (bicyclic) bond motifs is 1. The number of allylic oxidation sites excluding steroid dienone is 1. The first-order valence-electron chi connectivity index (χ1n) is 7.65. The summed E-state index contributed by atoms with van der Waals surface area (Å²) in [7, 11) is 0. The molecule has 0 aliphatic heterocycles. The molecule has 2 rings (SSSR count). The third kappa shape index (κ3) is 3.94. The molecule has 0 heterocycles. The molecule has 19 heavy (non-hydrogen) atoms. The lowest BCUT2D eigenvalue weighted by Gasteiger charge is -2.34. The van der Waals surface area contributed by atoms with Gasteiger partial charge in [0.1, 0.15) is 0 Å². The van der Waals surface area contributed by atoms with E-state index in [1.165, 1.54) is 37.8 Å². The summed E-state index contributed by atoms with van der Waals surface area (Å²) in [4.78, 5) is 2.67.